The Morgan fingerprint density at radius 2 is 1.45 bits per heavy atom. The molecule has 1 heterocycles. The van der Waals surface area contributed by atoms with Gasteiger partial charge < -0.3 is 34.9 Å². The van der Waals surface area contributed by atoms with Crippen LogP contribution in [0.5, 0.6) is 11.5 Å². The predicted octanol–water partition coefficient (Wildman–Crippen LogP) is 7.08. The molecule has 2 aliphatic rings. The van der Waals surface area contributed by atoms with E-state index in [4.69, 9.17) is 23.9 Å². The Morgan fingerprint density at radius 3 is 2.03 bits per heavy atom. The highest BCUT2D eigenvalue weighted by Crippen LogP contribution is 2.39. The standard InChI is InChI=1S/C47H64N4O9/c1-10-17-35(44(55)60-47(5,6)7)49-41(52)33-24-31(59-38-27-36(28-18-13-11-14-19-28)48-37-26-30(57-8)22-23-32(37)38)25-34(33)42(53)51-40(46(2,3)4)43(54)50-39(45(56)58-9)29-20-15-12-16-21-29/h11,13-14,18-19,22-23,26-27,29,31,33-35,39-40H,10,12,15-17,20-21,24-25H2,1-9H3,(H,49,52)(H,50,54)(H,51,53)/t31-,33-,34?,35+,39+,40-/m1/s1. The molecule has 3 aromatic rings. The maximum absolute atomic E-state index is 14.6. The largest absolute Gasteiger partial charge is 0.497 e. The number of ether oxygens (including phenoxy) is 4. The average molecular weight is 829 g/mol. The van der Waals surface area contributed by atoms with E-state index in [2.05, 4.69) is 16.0 Å². The molecular formula is C47H64N4O9. The van der Waals surface area contributed by atoms with Crippen molar-refractivity contribution in [3.63, 3.8) is 0 Å². The van der Waals surface area contributed by atoms with E-state index in [1.54, 1.807) is 27.9 Å². The third-order valence-electron chi connectivity index (χ3n) is 11.4. The highest BCUT2D eigenvalue weighted by atomic mass is 16.6. The van der Waals surface area contributed by atoms with Gasteiger partial charge in [-0.1, -0.05) is 83.7 Å². The van der Waals surface area contributed by atoms with Crippen LogP contribution in [-0.2, 0) is 33.4 Å². The Labute approximate surface area is 354 Å². The highest BCUT2D eigenvalue weighted by Gasteiger charge is 2.47. The summed E-state index contributed by atoms with van der Waals surface area (Å²) in [5.74, 6) is -3.39. The lowest BCUT2D eigenvalue weighted by atomic mass is 9.82. The zero-order valence-corrected chi connectivity index (χ0v) is 36.7. The van der Waals surface area contributed by atoms with Gasteiger partial charge in [-0.25, -0.2) is 14.6 Å². The number of esters is 2. The van der Waals surface area contributed by atoms with Gasteiger partial charge in [0.05, 0.1) is 37.3 Å². The molecule has 0 bridgehead atoms. The molecule has 2 aromatic carbocycles. The fourth-order valence-electron chi connectivity index (χ4n) is 8.32. The summed E-state index contributed by atoms with van der Waals surface area (Å²) in [4.78, 5) is 74.4. The number of hydrogen-bond donors (Lipinski definition) is 3. The zero-order valence-electron chi connectivity index (χ0n) is 36.7. The topological polar surface area (TPSA) is 171 Å². The van der Waals surface area contributed by atoms with Crippen molar-refractivity contribution in [3.05, 3.63) is 54.6 Å². The van der Waals surface area contributed by atoms with Crippen LogP contribution in [0.1, 0.15) is 106 Å². The van der Waals surface area contributed by atoms with Gasteiger partial charge in [-0.15, -0.1) is 0 Å². The lowest BCUT2D eigenvalue weighted by molar-refractivity contribution is -0.159. The first kappa shape index (κ1) is 45.9. The van der Waals surface area contributed by atoms with Gasteiger partial charge in [-0.05, 0) is 76.3 Å². The molecule has 0 saturated heterocycles. The lowest BCUT2D eigenvalue weighted by Crippen LogP contribution is -2.59. The van der Waals surface area contributed by atoms with Crippen LogP contribution >= 0.6 is 0 Å². The first-order chi connectivity index (χ1) is 28.4. The number of benzene rings is 2. The van der Waals surface area contributed by atoms with E-state index in [0.717, 1.165) is 43.1 Å². The maximum Gasteiger partial charge on any atom is 0.329 e. The lowest BCUT2D eigenvalue weighted by Gasteiger charge is -2.35. The first-order valence-corrected chi connectivity index (χ1v) is 21.3. The molecule has 6 atom stereocenters. The number of rotatable bonds is 15. The molecule has 13 heteroatoms. The molecule has 326 valence electrons. The molecule has 2 saturated carbocycles. The van der Waals surface area contributed by atoms with Crippen molar-refractivity contribution in [2.75, 3.05) is 14.2 Å². The molecule has 0 radical (unpaired) electrons. The van der Waals surface area contributed by atoms with Gasteiger partial charge in [0.15, 0.2) is 0 Å². The first-order valence-electron chi connectivity index (χ1n) is 21.3. The van der Waals surface area contributed by atoms with E-state index in [1.165, 1.54) is 7.11 Å². The fourth-order valence-corrected chi connectivity index (χ4v) is 8.32. The second kappa shape index (κ2) is 19.9. The van der Waals surface area contributed by atoms with Gasteiger partial charge in [0, 0.05) is 23.1 Å². The molecule has 2 aliphatic carbocycles. The van der Waals surface area contributed by atoms with Crippen LogP contribution < -0.4 is 25.4 Å². The second-order valence-electron chi connectivity index (χ2n) is 18.3. The van der Waals surface area contributed by atoms with Crippen molar-refractivity contribution in [3.8, 4) is 22.8 Å². The zero-order chi connectivity index (χ0) is 43.8. The van der Waals surface area contributed by atoms with Crippen LogP contribution in [0.15, 0.2) is 54.6 Å². The third-order valence-corrected chi connectivity index (χ3v) is 11.4. The Hall–Kier alpha value is -5.20. The van der Waals surface area contributed by atoms with Crippen molar-refractivity contribution in [2.45, 2.75) is 136 Å². The number of pyridine rings is 1. The van der Waals surface area contributed by atoms with Crippen LogP contribution in [-0.4, -0.2) is 78.7 Å². The summed E-state index contributed by atoms with van der Waals surface area (Å²) >= 11 is 0. The van der Waals surface area contributed by atoms with Crippen LogP contribution in [0.3, 0.4) is 0 Å². The Bertz CT molecular complexity index is 1980. The number of amides is 3. The summed E-state index contributed by atoms with van der Waals surface area (Å²) in [5.41, 5.74) is 0.633. The Kier molecular flexibility index (Phi) is 15.2. The minimum Gasteiger partial charge on any atom is -0.497 e. The minimum absolute atomic E-state index is 0.0823. The molecule has 3 N–H and O–H groups in total. The summed E-state index contributed by atoms with van der Waals surface area (Å²) in [6.45, 7) is 12.7. The number of fused-ring (bicyclic) bond motifs is 1. The summed E-state index contributed by atoms with van der Waals surface area (Å²) in [6.07, 6.45) is 5.14. The summed E-state index contributed by atoms with van der Waals surface area (Å²) in [5, 5.41) is 9.55. The number of methoxy groups -OCH3 is 2. The molecule has 0 aliphatic heterocycles. The van der Waals surface area contributed by atoms with Crippen molar-refractivity contribution >= 4 is 40.6 Å². The van der Waals surface area contributed by atoms with Crippen molar-refractivity contribution in [1.82, 2.24) is 20.9 Å². The Balaban J connectivity index is 1.47. The van der Waals surface area contributed by atoms with E-state index in [1.807, 2.05) is 82.3 Å². The van der Waals surface area contributed by atoms with Gasteiger partial charge in [0.25, 0.3) is 0 Å². The van der Waals surface area contributed by atoms with Crippen molar-refractivity contribution in [1.29, 1.82) is 0 Å². The van der Waals surface area contributed by atoms with Crippen molar-refractivity contribution in [2.24, 2.45) is 23.2 Å². The van der Waals surface area contributed by atoms with Gasteiger partial charge >= 0.3 is 11.9 Å². The van der Waals surface area contributed by atoms with Crippen LogP contribution in [0.4, 0.5) is 0 Å². The van der Waals surface area contributed by atoms with E-state index in [-0.39, 0.29) is 18.8 Å². The average Bonchev–Trinajstić information content (AvgIpc) is 3.64. The van der Waals surface area contributed by atoms with E-state index >= 15 is 0 Å². The molecule has 2 fully saturated rings. The number of nitrogens with one attached hydrogen (secondary N) is 3. The van der Waals surface area contributed by atoms with E-state index in [0.29, 0.717) is 35.6 Å². The van der Waals surface area contributed by atoms with E-state index in [9.17, 15) is 24.0 Å². The van der Waals surface area contributed by atoms with E-state index < -0.39 is 76.7 Å². The number of carbonyl (C=O) groups excluding carboxylic acids is 5. The molecular weight excluding hydrogens is 765 g/mol. The molecule has 60 heavy (non-hydrogen) atoms. The monoisotopic (exact) mass is 828 g/mol. The summed E-state index contributed by atoms with van der Waals surface area (Å²) in [7, 11) is 2.89. The molecule has 1 unspecified atom stereocenters. The Morgan fingerprint density at radius 1 is 0.800 bits per heavy atom. The van der Waals surface area contributed by atoms with Gasteiger partial charge in [0.2, 0.25) is 17.7 Å². The molecule has 1 aromatic heterocycles. The van der Waals surface area contributed by atoms with Gasteiger partial charge in [-0.3, -0.25) is 14.4 Å². The number of hydrogen-bond acceptors (Lipinski definition) is 10. The van der Waals surface area contributed by atoms with Gasteiger partial charge in [-0.2, -0.15) is 0 Å². The summed E-state index contributed by atoms with van der Waals surface area (Å²) in [6, 6.07) is 14.2. The molecule has 13 nitrogen and oxygen atoms in total. The quantitative estimate of drug-likeness (QED) is 0.135. The third kappa shape index (κ3) is 11.8. The minimum atomic E-state index is -1.06. The predicted molar refractivity (Wildman–Crippen MR) is 229 cm³/mol. The second-order valence-corrected chi connectivity index (χ2v) is 18.3. The smallest absolute Gasteiger partial charge is 0.329 e. The number of nitrogens with zero attached hydrogens (tertiary/aromatic N) is 1. The van der Waals surface area contributed by atoms with Crippen LogP contribution in [0.25, 0.3) is 22.2 Å². The fraction of sp³-hybridized carbons (Fsp3) is 0.574. The maximum atomic E-state index is 14.6. The molecule has 5 rings (SSSR count). The normalized spacial score (nSPS) is 20.0. The SMILES string of the molecule is CCC[C@H](NC(=O)[C@@H]1C[C@@H](Oc2cc(-c3ccccc3)nc3cc(OC)ccc23)CC1C(=O)N[C@H](C(=O)N[C@H](C(=O)OC)C1CCCCC1)C(C)(C)C)C(=O)OC(C)(C)C. The van der Waals surface area contributed by atoms with Crippen LogP contribution in [0.2, 0.25) is 0 Å². The molecule has 0 spiro atoms. The highest BCUT2D eigenvalue weighted by molar-refractivity contribution is 5.95. The number of carbonyl (C=O) groups is 5. The van der Waals surface area contributed by atoms with Crippen molar-refractivity contribution < 1.29 is 42.9 Å². The summed E-state index contributed by atoms with van der Waals surface area (Å²) < 4.78 is 23.0. The number of aromatic nitrogens is 1. The van der Waals surface area contributed by atoms with Gasteiger partial charge in [0.1, 0.15) is 41.3 Å². The molecule has 3 amide bonds. The van der Waals surface area contributed by atoms with Crippen LogP contribution in [0, 0.1) is 23.2 Å².